The molecule has 82 valence electrons. The first-order valence-electron chi connectivity index (χ1n) is 4.88. The predicted octanol–water partition coefficient (Wildman–Crippen LogP) is 0.649. The van der Waals surface area contributed by atoms with Crippen LogP contribution in [0.2, 0.25) is 0 Å². The molecule has 0 rings (SSSR count). The predicted molar refractivity (Wildman–Crippen MR) is 52.9 cm³/mol. The SMILES string of the molecule is CCCNC(=O)NCCC(=O)OCC. The summed E-state index contributed by atoms with van der Waals surface area (Å²) in [6.07, 6.45) is 1.11. The Kier molecular flexibility index (Phi) is 7.59. The van der Waals surface area contributed by atoms with Crippen LogP contribution in [0.4, 0.5) is 4.79 Å². The van der Waals surface area contributed by atoms with Crippen molar-refractivity contribution in [1.82, 2.24) is 10.6 Å². The van der Waals surface area contributed by atoms with Gasteiger partial charge in [-0.3, -0.25) is 4.79 Å². The largest absolute Gasteiger partial charge is 0.466 e. The van der Waals surface area contributed by atoms with Crippen molar-refractivity contribution >= 4 is 12.0 Å². The van der Waals surface area contributed by atoms with Crippen molar-refractivity contribution in [3.05, 3.63) is 0 Å². The number of esters is 1. The zero-order chi connectivity index (χ0) is 10.8. The van der Waals surface area contributed by atoms with Crippen LogP contribution < -0.4 is 10.6 Å². The van der Waals surface area contributed by atoms with Crippen LogP contribution in [0, 0.1) is 0 Å². The van der Waals surface area contributed by atoms with Crippen LogP contribution in [-0.4, -0.2) is 31.7 Å². The van der Waals surface area contributed by atoms with Crippen LogP contribution in [0.5, 0.6) is 0 Å². The number of hydrogen-bond donors (Lipinski definition) is 2. The monoisotopic (exact) mass is 202 g/mol. The van der Waals surface area contributed by atoms with Crippen molar-refractivity contribution in [2.45, 2.75) is 26.7 Å². The Labute approximate surface area is 84.2 Å². The summed E-state index contributed by atoms with van der Waals surface area (Å²) in [5.41, 5.74) is 0. The van der Waals surface area contributed by atoms with Crippen LogP contribution in [0.15, 0.2) is 0 Å². The summed E-state index contributed by atoms with van der Waals surface area (Å²) in [6.45, 7) is 5.05. The van der Waals surface area contributed by atoms with E-state index in [4.69, 9.17) is 4.74 Å². The van der Waals surface area contributed by atoms with Crippen molar-refractivity contribution in [2.24, 2.45) is 0 Å². The number of nitrogens with one attached hydrogen (secondary N) is 2. The maximum Gasteiger partial charge on any atom is 0.314 e. The van der Waals surface area contributed by atoms with Gasteiger partial charge in [0.15, 0.2) is 0 Å². The van der Waals surface area contributed by atoms with Crippen molar-refractivity contribution in [1.29, 1.82) is 0 Å². The van der Waals surface area contributed by atoms with Crippen LogP contribution in [0.1, 0.15) is 26.7 Å². The zero-order valence-corrected chi connectivity index (χ0v) is 8.76. The number of hydrogen-bond acceptors (Lipinski definition) is 3. The first kappa shape index (κ1) is 12.7. The minimum atomic E-state index is -0.289. The highest BCUT2D eigenvalue weighted by Gasteiger charge is 2.02. The van der Waals surface area contributed by atoms with Gasteiger partial charge in [-0.2, -0.15) is 0 Å². The molecule has 5 heteroatoms. The maximum atomic E-state index is 11.0. The number of urea groups is 1. The Hall–Kier alpha value is -1.26. The molecule has 5 nitrogen and oxygen atoms in total. The van der Waals surface area contributed by atoms with E-state index in [1.807, 2.05) is 6.92 Å². The highest BCUT2D eigenvalue weighted by molar-refractivity contribution is 5.75. The number of amides is 2. The molecule has 0 atom stereocenters. The molecule has 0 saturated carbocycles. The smallest absolute Gasteiger partial charge is 0.314 e. The third kappa shape index (κ3) is 7.39. The lowest BCUT2D eigenvalue weighted by Gasteiger charge is -2.05. The third-order valence-electron chi connectivity index (χ3n) is 1.46. The number of rotatable bonds is 6. The van der Waals surface area contributed by atoms with Crippen molar-refractivity contribution < 1.29 is 14.3 Å². The van der Waals surface area contributed by atoms with Gasteiger partial charge in [0.25, 0.3) is 0 Å². The van der Waals surface area contributed by atoms with E-state index in [0.29, 0.717) is 19.7 Å². The van der Waals surface area contributed by atoms with Crippen LogP contribution in [-0.2, 0) is 9.53 Å². The number of carbonyl (C=O) groups excluding carboxylic acids is 2. The summed E-state index contributed by atoms with van der Waals surface area (Å²) >= 11 is 0. The van der Waals surface area contributed by atoms with E-state index in [9.17, 15) is 9.59 Å². The average Bonchev–Trinajstić information content (AvgIpc) is 2.15. The van der Waals surface area contributed by atoms with Gasteiger partial charge in [0.05, 0.1) is 13.0 Å². The molecule has 0 heterocycles. The van der Waals surface area contributed by atoms with Crippen LogP contribution >= 0.6 is 0 Å². The first-order chi connectivity index (χ1) is 6.70. The van der Waals surface area contributed by atoms with E-state index in [1.54, 1.807) is 6.92 Å². The Balaban J connectivity index is 3.34. The van der Waals surface area contributed by atoms with E-state index in [2.05, 4.69) is 10.6 Å². The molecule has 0 aliphatic carbocycles. The minimum Gasteiger partial charge on any atom is -0.466 e. The summed E-state index contributed by atoms with van der Waals surface area (Å²) in [5.74, 6) is -0.289. The summed E-state index contributed by atoms with van der Waals surface area (Å²) in [7, 11) is 0. The summed E-state index contributed by atoms with van der Waals surface area (Å²) < 4.78 is 4.69. The van der Waals surface area contributed by atoms with E-state index < -0.39 is 0 Å². The lowest BCUT2D eigenvalue weighted by molar-refractivity contribution is -0.142. The molecule has 0 aromatic carbocycles. The van der Waals surface area contributed by atoms with Gasteiger partial charge in [-0.25, -0.2) is 4.79 Å². The Morgan fingerprint density at radius 2 is 1.79 bits per heavy atom. The second kappa shape index (κ2) is 8.34. The molecule has 0 aliphatic heterocycles. The first-order valence-corrected chi connectivity index (χ1v) is 4.88. The molecule has 0 aliphatic rings. The second-order valence-corrected chi connectivity index (χ2v) is 2.74. The van der Waals surface area contributed by atoms with Gasteiger partial charge in [0.1, 0.15) is 0 Å². The highest BCUT2D eigenvalue weighted by atomic mass is 16.5. The molecule has 2 N–H and O–H groups in total. The lowest BCUT2D eigenvalue weighted by Crippen LogP contribution is -2.37. The zero-order valence-electron chi connectivity index (χ0n) is 8.76. The molecule has 0 aromatic rings. The molecule has 0 fully saturated rings. The lowest BCUT2D eigenvalue weighted by atomic mass is 10.4. The van der Waals surface area contributed by atoms with Crippen molar-refractivity contribution in [3.63, 3.8) is 0 Å². The van der Waals surface area contributed by atoms with Gasteiger partial charge in [-0.15, -0.1) is 0 Å². The molecule has 0 radical (unpaired) electrons. The van der Waals surface area contributed by atoms with E-state index in [-0.39, 0.29) is 18.4 Å². The molecule has 14 heavy (non-hydrogen) atoms. The Morgan fingerprint density at radius 3 is 2.36 bits per heavy atom. The van der Waals surface area contributed by atoms with Gasteiger partial charge < -0.3 is 15.4 Å². The summed E-state index contributed by atoms with van der Waals surface area (Å²) in [4.78, 5) is 21.8. The molecule has 2 amide bonds. The molecule has 0 unspecified atom stereocenters. The summed E-state index contributed by atoms with van der Waals surface area (Å²) in [5, 5.41) is 5.19. The van der Waals surface area contributed by atoms with Gasteiger partial charge in [-0.05, 0) is 13.3 Å². The summed E-state index contributed by atoms with van der Waals surface area (Å²) in [6, 6.07) is -0.240. The normalized spacial score (nSPS) is 9.29. The fourth-order valence-corrected chi connectivity index (χ4v) is 0.812. The van der Waals surface area contributed by atoms with Gasteiger partial charge in [-0.1, -0.05) is 6.92 Å². The number of carbonyl (C=O) groups is 2. The second-order valence-electron chi connectivity index (χ2n) is 2.74. The van der Waals surface area contributed by atoms with Crippen molar-refractivity contribution in [2.75, 3.05) is 19.7 Å². The minimum absolute atomic E-state index is 0.216. The van der Waals surface area contributed by atoms with Gasteiger partial charge in [0.2, 0.25) is 0 Å². The quantitative estimate of drug-likeness (QED) is 0.621. The molecule has 0 spiro atoms. The van der Waals surface area contributed by atoms with E-state index >= 15 is 0 Å². The van der Waals surface area contributed by atoms with Crippen LogP contribution in [0.3, 0.4) is 0 Å². The Bertz CT molecular complexity index is 183. The average molecular weight is 202 g/mol. The molecule has 0 aromatic heterocycles. The molecule has 0 bridgehead atoms. The van der Waals surface area contributed by atoms with Crippen molar-refractivity contribution in [3.8, 4) is 0 Å². The third-order valence-corrected chi connectivity index (χ3v) is 1.46. The van der Waals surface area contributed by atoms with Crippen LogP contribution in [0.25, 0.3) is 0 Å². The molecule has 0 saturated heterocycles. The maximum absolute atomic E-state index is 11.0. The van der Waals surface area contributed by atoms with Gasteiger partial charge in [0, 0.05) is 13.1 Å². The van der Waals surface area contributed by atoms with E-state index in [1.165, 1.54) is 0 Å². The number of ether oxygens (including phenoxy) is 1. The molecular weight excluding hydrogens is 184 g/mol. The fraction of sp³-hybridized carbons (Fsp3) is 0.778. The standard InChI is InChI=1S/C9H18N2O3/c1-3-6-10-9(13)11-7-5-8(12)14-4-2/h3-7H2,1-2H3,(H2,10,11,13). The van der Waals surface area contributed by atoms with Gasteiger partial charge >= 0.3 is 12.0 Å². The fourth-order valence-electron chi connectivity index (χ4n) is 0.812. The molecular formula is C9H18N2O3. The highest BCUT2D eigenvalue weighted by Crippen LogP contribution is 1.83. The topological polar surface area (TPSA) is 67.4 Å². The van der Waals surface area contributed by atoms with E-state index in [0.717, 1.165) is 6.42 Å². The Morgan fingerprint density at radius 1 is 1.14 bits per heavy atom.